The summed E-state index contributed by atoms with van der Waals surface area (Å²) in [4.78, 5) is 4.59. The van der Waals surface area contributed by atoms with Crippen LogP contribution in [0.15, 0.2) is 35.7 Å². The number of hydrogen-bond donors (Lipinski definition) is 1. The van der Waals surface area contributed by atoms with E-state index in [1.165, 1.54) is 5.56 Å². The van der Waals surface area contributed by atoms with Gasteiger partial charge in [0.2, 0.25) is 0 Å². The zero-order valence-corrected chi connectivity index (χ0v) is 9.91. The van der Waals surface area contributed by atoms with E-state index in [0.29, 0.717) is 0 Å². The molecule has 0 amide bonds. The monoisotopic (exact) mass is 233 g/mol. The first-order chi connectivity index (χ1) is 7.90. The molecule has 0 aliphatic carbocycles. The van der Waals surface area contributed by atoms with E-state index in [2.05, 4.69) is 22.5 Å². The quantitative estimate of drug-likeness (QED) is 0.805. The molecule has 2 nitrogen and oxygen atoms in total. The first-order valence-electron chi connectivity index (χ1n) is 5.51. The molecule has 2 rings (SSSR count). The molecule has 0 atom stereocenters. The first-order valence-corrected chi connectivity index (χ1v) is 6.39. The van der Waals surface area contributed by atoms with Gasteiger partial charge in [-0.05, 0) is 19.3 Å². The Bertz CT molecular complexity index is 425. The Morgan fingerprint density at radius 2 is 1.94 bits per heavy atom. The van der Waals surface area contributed by atoms with Crippen molar-refractivity contribution < 1.29 is 5.11 Å². The largest absolute Gasteiger partial charge is 0.396 e. The summed E-state index contributed by atoms with van der Waals surface area (Å²) in [6.07, 6.45) is 2.84. The second-order valence-electron chi connectivity index (χ2n) is 3.67. The van der Waals surface area contributed by atoms with Gasteiger partial charge in [-0.2, -0.15) is 0 Å². The number of nitrogens with zero attached hydrogens (tertiary/aromatic N) is 1. The summed E-state index contributed by atoms with van der Waals surface area (Å²) in [7, 11) is 0. The van der Waals surface area contributed by atoms with Crippen LogP contribution in [0, 0.1) is 0 Å². The summed E-state index contributed by atoms with van der Waals surface area (Å²) in [5, 5.41) is 12.0. The summed E-state index contributed by atoms with van der Waals surface area (Å²) < 4.78 is 0. The lowest BCUT2D eigenvalue weighted by molar-refractivity contribution is 0.284. The minimum Gasteiger partial charge on any atom is -0.396 e. The van der Waals surface area contributed by atoms with E-state index in [9.17, 15) is 0 Å². The molecule has 0 bridgehead atoms. The second-order valence-corrected chi connectivity index (χ2v) is 4.62. The zero-order chi connectivity index (χ0) is 11.2. The molecule has 1 aromatic heterocycles. The lowest BCUT2D eigenvalue weighted by Gasteiger charge is -1.95. The van der Waals surface area contributed by atoms with Gasteiger partial charge >= 0.3 is 0 Å². The standard InChI is InChI=1S/C13H15NOS/c15-9-5-4-8-13-14-12(10-16-13)11-6-2-1-3-7-11/h1-3,6-7,10,15H,4-5,8-9H2. The summed E-state index contributed by atoms with van der Waals surface area (Å²) in [6, 6.07) is 10.2. The Hall–Kier alpha value is -1.19. The van der Waals surface area contributed by atoms with Gasteiger partial charge in [-0.1, -0.05) is 30.3 Å². The number of hydrogen-bond acceptors (Lipinski definition) is 3. The van der Waals surface area contributed by atoms with Crippen LogP contribution in [0.2, 0.25) is 0 Å². The Balaban J connectivity index is 2.02. The van der Waals surface area contributed by atoms with Crippen molar-refractivity contribution in [3.05, 3.63) is 40.7 Å². The van der Waals surface area contributed by atoms with Crippen LogP contribution >= 0.6 is 11.3 Å². The van der Waals surface area contributed by atoms with Gasteiger partial charge in [-0.15, -0.1) is 11.3 Å². The van der Waals surface area contributed by atoms with Gasteiger partial charge in [0.1, 0.15) is 0 Å². The van der Waals surface area contributed by atoms with Crippen molar-refractivity contribution in [1.82, 2.24) is 4.98 Å². The van der Waals surface area contributed by atoms with Crippen molar-refractivity contribution in [2.24, 2.45) is 0 Å². The molecule has 3 heteroatoms. The average Bonchev–Trinajstić information content (AvgIpc) is 2.79. The lowest BCUT2D eigenvalue weighted by atomic mass is 10.2. The predicted molar refractivity (Wildman–Crippen MR) is 67.6 cm³/mol. The summed E-state index contributed by atoms with van der Waals surface area (Å²) >= 11 is 1.70. The van der Waals surface area contributed by atoms with E-state index < -0.39 is 0 Å². The highest BCUT2D eigenvalue weighted by Crippen LogP contribution is 2.22. The fourth-order valence-corrected chi connectivity index (χ4v) is 2.40. The number of aryl methyl sites for hydroxylation is 1. The maximum absolute atomic E-state index is 8.71. The van der Waals surface area contributed by atoms with Crippen molar-refractivity contribution in [1.29, 1.82) is 0 Å². The molecule has 0 saturated carbocycles. The zero-order valence-electron chi connectivity index (χ0n) is 9.10. The van der Waals surface area contributed by atoms with E-state index in [1.54, 1.807) is 11.3 Å². The minimum absolute atomic E-state index is 0.275. The molecule has 0 saturated heterocycles. The summed E-state index contributed by atoms with van der Waals surface area (Å²) in [5.41, 5.74) is 2.23. The number of aliphatic hydroxyl groups is 1. The molecular weight excluding hydrogens is 218 g/mol. The third-order valence-electron chi connectivity index (χ3n) is 2.42. The number of rotatable bonds is 5. The van der Waals surface area contributed by atoms with Crippen LogP contribution < -0.4 is 0 Å². The highest BCUT2D eigenvalue weighted by molar-refractivity contribution is 7.09. The Kier molecular flexibility index (Phi) is 4.08. The van der Waals surface area contributed by atoms with Gasteiger partial charge in [-0.3, -0.25) is 0 Å². The van der Waals surface area contributed by atoms with Crippen LogP contribution in [-0.4, -0.2) is 16.7 Å². The van der Waals surface area contributed by atoms with Crippen molar-refractivity contribution in [3.63, 3.8) is 0 Å². The van der Waals surface area contributed by atoms with Crippen molar-refractivity contribution >= 4 is 11.3 Å². The van der Waals surface area contributed by atoms with Gasteiger partial charge in [0, 0.05) is 17.6 Å². The van der Waals surface area contributed by atoms with Gasteiger partial charge in [0.25, 0.3) is 0 Å². The van der Waals surface area contributed by atoms with Crippen LogP contribution in [0.5, 0.6) is 0 Å². The molecule has 0 aliphatic rings. The minimum atomic E-state index is 0.275. The fraction of sp³-hybridized carbons (Fsp3) is 0.308. The third-order valence-corrected chi connectivity index (χ3v) is 3.33. The summed E-state index contributed by atoms with van der Waals surface area (Å²) in [5.74, 6) is 0. The molecule has 1 aromatic carbocycles. The number of thiazole rings is 1. The van der Waals surface area contributed by atoms with Crippen LogP contribution in [0.1, 0.15) is 17.8 Å². The third kappa shape index (κ3) is 2.90. The molecule has 16 heavy (non-hydrogen) atoms. The van der Waals surface area contributed by atoms with Gasteiger partial charge in [0.15, 0.2) is 0 Å². The Morgan fingerprint density at radius 1 is 1.12 bits per heavy atom. The van der Waals surface area contributed by atoms with Crippen molar-refractivity contribution in [2.75, 3.05) is 6.61 Å². The molecule has 0 unspecified atom stereocenters. The molecule has 0 spiro atoms. The van der Waals surface area contributed by atoms with Gasteiger partial charge in [-0.25, -0.2) is 4.98 Å². The maximum atomic E-state index is 8.71. The predicted octanol–water partition coefficient (Wildman–Crippen LogP) is 3.13. The van der Waals surface area contributed by atoms with Crippen LogP contribution in [0.3, 0.4) is 0 Å². The number of aromatic nitrogens is 1. The van der Waals surface area contributed by atoms with Crippen LogP contribution in [0.25, 0.3) is 11.3 Å². The number of benzene rings is 1. The number of aliphatic hydroxyl groups excluding tert-OH is 1. The van der Waals surface area contributed by atoms with E-state index in [0.717, 1.165) is 30.0 Å². The Labute approximate surface area is 99.6 Å². The highest BCUT2D eigenvalue weighted by atomic mass is 32.1. The van der Waals surface area contributed by atoms with E-state index in [-0.39, 0.29) is 6.61 Å². The topological polar surface area (TPSA) is 33.1 Å². The fourth-order valence-electron chi connectivity index (χ4n) is 1.56. The smallest absolute Gasteiger partial charge is 0.0932 e. The number of unbranched alkanes of at least 4 members (excludes halogenated alkanes) is 1. The van der Waals surface area contributed by atoms with Crippen LogP contribution in [0.4, 0.5) is 0 Å². The molecule has 0 aliphatic heterocycles. The van der Waals surface area contributed by atoms with Gasteiger partial charge in [0.05, 0.1) is 10.7 Å². The van der Waals surface area contributed by atoms with Crippen molar-refractivity contribution in [3.8, 4) is 11.3 Å². The van der Waals surface area contributed by atoms with Crippen molar-refractivity contribution in [2.45, 2.75) is 19.3 Å². The molecule has 0 radical (unpaired) electrons. The normalized spacial score (nSPS) is 10.6. The molecule has 84 valence electrons. The Morgan fingerprint density at radius 3 is 2.69 bits per heavy atom. The first kappa shape index (κ1) is 11.3. The summed E-state index contributed by atoms with van der Waals surface area (Å²) in [6.45, 7) is 0.275. The van der Waals surface area contributed by atoms with E-state index >= 15 is 0 Å². The highest BCUT2D eigenvalue weighted by Gasteiger charge is 2.03. The van der Waals surface area contributed by atoms with Gasteiger partial charge < -0.3 is 5.11 Å². The molecular formula is C13H15NOS. The SMILES string of the molecule is OCCCCc1nc(-c2ccccc2)cs1. The average molecular weight is 233 g/mol. The molecule has 1 heterocycles. The molecule has 2 aromatic rings. The molecule has 0 fully saturated rings. The molecule has 1 N–H and O–H groups in total. The second kappa shape index (κ2) is 5.77. The lowest BCUT2D eigenvalue weighted by Crippen LogP contribution is -1.88. The maximum Gasteiger partial charge on any atom is 0.0932 e. The van der Waals surface area contributed by atoms with Crippen LogP contribution in [-0.2, 0) is 6.42 Å². The van der Waals surface area contributed by atoms with E-state index in [4.69, 9.17) is 5.11 Å². The van der Waals surface area contributed by atoms with E-state index in [1.807, 2.05) is 18.2 Å².